The minimum Gasteiger partial charge on any atom is -0.396 e. The molecule has 0 unspecified atom stereocenters. The molecule has 0 amide bonds. The van der Waals surface area contributed by atoms with Gasteiger partial charge in [-0.1, -0.05) is 12.1 Å². The van der Waals surface area contributed by atoms with Crippen LogP contribution in [0.1, 0.15) is 6.42 Å². The smallest absolute Gasteiger partial charge is 0.232 e. The number of hydrogen-bond acceptors (Lipinski definition) is 3. The van der Waals surface area contributed by atoms with Crippen molar-refractivity contribution in [1.29, 1.82) is 0 Å². The van der Waals surface area contributed by atoms with E-state index >= 15 is 0 Å². The van der Waals surface area contributed by atoms with Crippen molar-refractivity contribution >= 4 is 15.7 Å². The number of sulfonamides is 1. The highest BCUT2D eigenvalue weighted by molar-refractivity contribution is 7.92. The zero-order valence-corrected chi connectivity index (χ0v) is 8.42. The Labute approximate surface area is 83.6 Å². The first-order chi connectivity index (χ1) is 6.64. The maximum Gasteiger partial charge on any atom is 0.232 e. The molecule has 0 aromatic heterocycles. The summed E-state index contributed by atoms with van der Waals surface area (Å²) in [7, 11) is -3.33. The lowest BCUT2D eigenvalue weighted by Gasteiger charge is -2.06. The zero-order valence-electron chi connectivity index (χ0n) is 7.60. The van der Waals surface area contributed by atoms with Crippen LogP contribution in [0.15, 0.2) is 24.3 Å². The van der Waals surface area contributed by atoms with Gasteiger partial charge in [0.15, 0.2) is 0 Å². The van der Waals surface area contributed by atoms with E-state index in [0.29, 0.717) is 5.69 Å². The molecule has 1 radical (unpaired) electrons. The SMILES string of the molecule is O=S(=O)(CCCO)Nc1c[c]ccc1. The molecule has 2 N–H and O–H groups in total. The molecular weight excluding hydrogens is 202 g/mol. The van der Waals surface area contributed by atoms with E-state index in [1.54, 1.807) is 24.3 Å². The Balaban J connectivity index is 2.60. The molecule has 1 rings (SSSR count). The van der Waals surface area contributed by atoms with Gasteiger partial charge in [0.2, 0.25) is 10.0 Å². The van der Waals surface area contributed by atoms with Crippen molar-refractivity contribution in [2.24, 2.45) is 0 Å². The second-order valence-electron chi connectivity index (χ2n) is 2.79. The van der Waals surface area contributed by atoms with Crippen LogP contribution < -0.4 is 4.72 Å². The number of aliphatic hydroxyl groups excluding tert-OH is 1. The molecule has 0 atom stereocenters. The van der Waals surface area contributed by atoms with Gasteiger partial charge in [0.25, 0.3) is 0 Å². The Kier molecular flexibility index (Phi) is 3.91. The molecule has 0 saturated heterocycles. The van der Waals surface area contributed by atoms with E-state index in [9.17, 15) is 8.42 Å². The molecule has 77 valence electrons. The summed E-state index contributed by atoms with van der Waals surface area (Å²) in [4.78, 5) is 0. The molecule has 0 bridgehead atoms. The topological polar surface area (TPSA) is 66.4 Å². The van der Waals surface area contributed by atoms with Crippen molar-refractivity contribution in [3.63, 3.8) is 0 Å². The number of nitrogens with one attached hydrogen (secondary N) is 1. The van der Waals surface area contributed by atoms with Crippen molar-refractivity contribution in [1.82, 2.24) is 0 Å². The van der Waals surface area contributed by atoms with E-state index < -0.39 is 10.0 Å². The molecule has 0 aliphatic rings. The molecular formula is C9H12NO3S. The van der Waals surface area contributed by atoms with Crippen LogP contribution in [0.5, 0.6) is 0 Å². The van der Waals surface area contributed by atoms with Crippen LogP contribution in [0.4, 0.5) is 5.69 Å². The summed E-state index contributed by atoms with van der Waals surface area (Å²) in [5.74, 6) is -0.0710. The van der Waals surface area contributed by atoms with E-state index in [4.69, 9.17) is 5.11 Å². The standard InChI is InChI=1S/C9H12NO3S/c11-7-4-8-14(12,13)10-9-5-2-1-3-6-9/h1-2,5-6,10-11H,4,7-8H2. The predicted octanol–water partition coefficient (Wildman–Crippen LogP) is 0.611. The van der Waals surface area contributed by atoms with E-state index in [-0.39, 0.29) is 18.8 Å². The maximum atomic E-state index is 11.3. The van der Waals surface area contributed by atoms with Crippen LogP contribution in [0.3, 0.4) is 0 Å². The number of anilines is 1. The van der Waals surface area contributed by atoms with Crippen molar-refractivity contribution < 1.29 is 13.5 Å². The quantitative estimate of drug-likeness (QED) is 0.754. The Morgan fingerprint density at radius 3 is 2.86 bits per heavy atom. The molecule has 1 aromatic carbocycles. The van der Waals surface area contributed by atoms with Crippen LogP contribution in [-0.4, -0.2) is 25.9 Å². The highest BCUT2D eigenvalue weighted by Gasteiger charge is 2.08. The molecule has 0 aliphatic heterocycles. The van der Waals surface area contributed by atoms with Gasteiger partial charge in [-0.25, -0.2) is 8.42 Å². The lowest BCUT2D eigenvalue weighted by Crippen LogP contribution is -2.17. The first kappa shape index (κ1) is 11.0. The fourth-order valence-electron chi connectivity index (χ4n) is 0.942. The third-order valence-corrected chi connectivity index (χ3v) is 2.92. The van der Waals surface area contributed by atoms with Crippen molar-refractivity contribution in [3.05, 3.63) is 30.3 Å². The summed E-state index contributed by atoms with van der Waals surface area (Å²) < 4.78 is 25.0. The third kappa shape index (κ3) is 3.76. The number of aliphatic hydroxyl groups is 1. The molecule has 0 spiro atoms. The molecule has 0 saturated carbocycles. The average molecular weight is 214 g/mol. The number of rotatable bonds is 5. The molecule has 0 fully saturated rings. The lowest BCUT2D eigenvalue weighted by atomic mass is 10.3. The van der Waals surface area contributed by atoms with Gasteiger partial charge < -0.3 is 5.11 Å². The summed E-state index contributed by atoms with van der Waals surface area (Å²) in [6.07, 6.45) is 0.242. The van der Waals surface area contributed by atoms with E-state index in [1.165, 1.54) is 0 Å². The minimum atomic E-state index is -3.33. The van der Waals surface area contributed by atoms with Gasteiger partial charge in [0, 0.05) is 12.3 Å². The normalized spacial score (nSPS) is 11.2. The second-order valence-corrected chi connectivity index (χ2v) is 4.63. The van der Waals surface area contributed by atoms with Gasteiger partial charge in [-0.3, -0.25) is 4.72 Å². The average Bonchev–Trinajstić information content (AvgIpc) is 2.16. The van der Waals surface area contributed by atoms with Crippen LogP contribution in [0, 0.1) is 6.07 Å². The van der Waals surface area contributed by atoms with Gasteiger partial charge in [-0.15, -0.1) is 0 Å². The fraction of sp³-hybridized carbons (Fsp3) is 0.333. The maximum absolute atomic E-state index is 11.3. The van der Waals surface area contributed by atoms with Gasteiger partial charge >= 0.3 is 0 Å². The lowest BCUT2D eigenvalue weighted by molar-refractivity contribution is 0.295. The summed E-state index contributed by atoms with van der Waals surface area (Å²) in [6.45, 7) is -0.123. The van der Waals surface area contributed by atoms with Gasteiger partial charge in [-0.05, 0) is 24.6 Å². The van der Waals surface area contributed by atoms with E-state index in [0.717, 1.165) is 0 Å². The fourth-order valence-corrected chi connectivity index (χ4v) is 2.04. The molecule has 0 heterocycles. The summed E-state index contributed by atoms with van der Waals surface area (Å²) in [5.41, 5.74) is 0.491. The monoisotopic (exact) mass is 214 g/mol. The molecule has 5 heteroatoms. The zero-order chi connectivity index (χ0) is 10.4. The van der Waals surface area contributed by atoms with Gasteiger partial charge in [0.1, 0.15) is 0 Å². The second kappa shape index (κ2) is 4.97. The predicted molar refractivity (Wildman–Crippen MR) is 54.4 cm³/mol. The molecule has 0 aliphatic carbocycles. The highest BCUT2D eigenvalue weighted by atomic mass is 32.2. The summed E-state index contributed by atoms with van der Waals surface area (Å²) >= 11 is 0. The Hall–Kier alpha value is -1.07. The highest BCUT2D eigenvalue weighted by Crippen LogP contribution is 2.07. The van der Waals surface area contributed by atoms with Gasteiger partial charge in [0.05, 0.1) is 5.75 Å². The number of hydrogen-bond donors (Lipinski definition) is 2. The first-order valence-corrected chi connectivity index (χ1v) is 5.87. The molecule has 4 nitrogen and oxygen atoms in total. The van der Waals surface area contributed by atoms with E-state index in [2.05, 4.69) is 10.8 Å². The van der Waals surface area contributed by atoms with Crippen molar-refractivity contribution in [2.45, 2.75) is 6.42 Å². The third-order valence-electron chi connectivity index (χ3n) is 1.55. The molecule has 14 heavy (non-hydrogen) atoms. The van der Waals surface area contributed by atoms with Crippen LogP contribution in [-0.2, 0) is 10.0 Å². The number of benzene rings is 1. The van der Waals surface area contributed by atoms with Crippen LogP contribution >= 0.6 is 0 Å². The molecule has 1 aromatic rings. The van der Waals surface area contributed by atoms with Crippen molar-refractivity contribution in [3.8, 4) is 0 Å². The minimum absolute atomic E-state index is 0.0710. The Morgan fingerprint density at radius 2 is 2.29 bits per heavy atom. The summed E-state index contributed by atoms with van der Waals surface area (Å²) in [5, 5.41) is 8.50. The van der Waals surface area contributed by atoms with Crippen molar-refractivity contribution in [2.75, 3.05) is 17.1 Å². The first-order valence-electron chi connectivity index (χ1n) is 4.21. The van der Waals surface area contributed by atoms with E-state index in [1.807, 2.05) is 0 Å². The van der Waals surface area contributed by atoms with Crippen LogP contribution in [0.25, 0.3) is 0 Å². The Bertz CT molecular complexity index is 361. The van der Waals surface area contributed by atoms with Crippen LogP contribution in [0.2, 0.25) is 0 Å². The summed E-state index contributed by atoms with van der Waals surface area (Å²) in [6, 6.07) is 9.35. The van der Waals surface area contributed by atoms with Gasteiger partial charge in [-0.2, -0.15) is 0 Å². The largest absolute Gasteiger partial charge is 0.396 e. The Morgan fingerprint density at radius 1 is 1.50 bits per heavy atom.